The maximum atomic E-state index is 12.9. The second-order valence-electron chi connectivity index (χ2n) is 6.26. The number of anilines is 1. The molecule has 0 bridgehead atoms. The van der Waals surface area contributed by atoms with E-state index in [1.54, 1.807) is 28.8 Å². The molecule has 1 amide bonds. The fraction of sp³-hybridized carbons (Fsp3) is 0.250. The quantitative estimate of drug-likeness (QED) is 0.386. The highest BCUT2D eigenvalue weighted by Gasteiger charge is 2.14. The van der Waals surface area contributed by atoms with Crippen LogP contribution in [0.5, 0.6) is 0 Å². The van der Waals surface area contributed by atoms with Crippen LogP contribution in [0.3, 0.4) is 0 Å². The van der Waals surface area contributed by atoms with Gasteiger partial charge in [0.25, 0.3) is 5.56 Å². The van der Waals surface area contributed by atoms with Crippen LogP contribution in [0, 0.1) is 6.92 Å². The van der Waals surface area contributed by atoms with Gasteiger partial charge in [0.05, 0.1) is 16.7 Å². The number of hydrogen-bond donors (Lipinski definition) is 1. The zero-order chi connectivity index (χ0) is 20.3. The van der Waals surface area contributed by atoms with Crippen molar-refractivity contribution in [2.75, 3.05) is 11.1 Å². The molecule has 8 heteroatoms. The van der Waals surface area contributed by atoms with Crippen LogP contribution < -0.4 is 10.9 Å². The van der Waals surface area contributed by atoms with E-state index in [2.05, 4.69) is 26.2 Å². The van der Waals surface area contributed by atoms with Crippen LogP contribution in [-0.2, 0) is 11.3 Å². The lowest BCUT2D eigenvalue weighted by Gasteiger charge is -2.13. The highest BCUT2D eigenvalue weighted by Crippen LogP contribution is 2.24. The summed E-state index contributed by atoms with van der Waals surface area (Å²) in [5.41, 5.74) is 2.02. The van der Waals surface area contributed by atoms with Crippen molar-refractivity contribution >= 4 is 61.8 Å². The molecule has 0 saturated carbocycles. The number of nitrogens with zero attached hydrogens (tertiary/aromatic N) is 2. The third kappa shape index (κ3) is 4.59. The molecule has 28 heavy (non-hydrogen) atoms. The number of benzene rings is 2. The number of aromatic nitrogens is 2. The predicted octanol–water partition coefficient (Wildman–Crippen LogP) is 5.26. The van der Waals surface area contributed by atoms with Crippen LogP contribution in [0.1, 0.15) is 18.9 Å². The second-order valence-corrected chi connectivity index (χ2v) is 8.53. The monoisotopic (exact) mass is 479 g/mol. The molecule has 0 aliphatic heterocycles. The minimum Gasteiger partial charge on any atom is -0.325 e. The fourth-order valence-electron chi connectivity index (χ4n) is 2.76. The van der Waals surface area contributed by atoms with Gasteiger partial charge in [-0.2, -0.15) is 0 Å². The number of carbonyl (C=O) groups is 1. The Morgan fingerprint density at radius 1 is 1.32 bits per heavy atom. The molecule has 3 aromatic rings. The van der Waals surface area contributed by atoms with Gasteiger partial charge in [0, 0.05) is 21.7 Å². The van der Waals surface area contributed by atoms with Crippen LogP contribution in [-0.4, -0.2) is 21.2 Å². The molecule has 1 aromatic heterocycles. The van der Waals surface area contributed by atoms with E-state index in [4.69, 9.17) is 11.6 Å². The topological polar surface area (TPSA) is 64.0 Å². The molecule has 5 nitrogen and oxygen atoms in total. The van der Waals surface area contributed by atoms with Gasteiger partial charge in [-0.25, -0.2) is 4.98 Å². The zero-order valence-electron chi connectivity index (χ0n) is 15.5. The summed E-state index contributed by atoms with van der Waals surface area (Å²) >= 11 is 10.8. The first kappa shape index (κ1) is 20.9. The first-order valence-corrected chi connectivity index (χ1v) is 10.9. The van der Waals surface area contributed by atoms with Gasteiger partial charge in [-0.05, 0) is 49.2 Å². The Morgan fingerprint density at radius 3 is 2.86 bits per heavy atom. The third-order valence-corrected chi connectivity index (χ3v) is 6.08. The molecule has 146 valence electrons. The second kappa shape index (κ2) is 9.11. The number of halogens is 2. The van der Waals surface area contributed by atoms with Gasteiger partial charge in [0.15, 0.2) is 5.16 Å². The Balaban J connectivity index is 1.84. The van der Waals surface area contributed by atoms with Crippen LogP contribution in [0.2, 0.25) is 5.02 Å². The maximum Gasteiger partial charge on any atom is 0.262 e. The number of carbonyl (C=O) groups excluding carboxylic acids is 1. The van der Waals surface area contributed by atoms with Gasteiger partial charge in [0.2, 0.25) is 5.91 Å². The largest absolute Gasteiger partial charge is 0.325 e. The molecular weight excluding hydrogens is 462 g/mol. The lowest BCUT2D eigenvalue weighted by atomic mass is 10.2. The summed E-state index contributed by atoms with van der Waals surface area (Å²) in [6.07, 6.45) is 0.794. The molecular formula is C20H19BrClN3O2S. The van der Waals surface area contributed by atoms with Crippen molar-refractivity contribution in [3.8, 4) is 0 Å². The summed E-state index contributed by atoms with van der Waals surface area (Å²) < 4.78 is 2.47. The van der Waals surface area contributed by atoms with Crippen LogP contribution in [0.4, 0.5) is 5.69 Å². The van der Waals surface area contributed by atoms with E-state index in [1.807, 2.05) is 26.0 Å². The molecule has 3 rings (SSSR count). The predicted molar refractivity (Wildman–Crippen MR) is 120 cm³/mol. The molecule has 0 unspecified atom stereocenters. The summed E-state index contributed by atoms with van der Waals surface area (Å²) in [5.74, 6) is -0.0343. The van der Waals surface area contributed by atoms with E-state index in [-0.39, 0.29) is 17.2 Å². The smallest absolute Gasteiger partial charge is 0.262 e. The highest BCUT2D eigenvalue weighted by molar-refractivity contribution is 9.10. The summed E-state index contributed by atoms with van der Waals surface area (Å²) in [7, 11) is 0. The minimum absolute atomic E-state index is 0.0956. The summed E-state index contributed by atoms with van der Waals surface area (Å²) in [5, 5.41) is 4.57. The standard InChI is InChI=1S/C20H19BrClN3O2S/c1-3-9-25-19(27)14-10-13(21)7-8-17(14)24-20(25)28-11-18(26)23-16-6-4-5-15(22)12(16)2/h4-8,10H,3,9,11H2,1-2H3,(H,23,26). The number of fused-ring (bicyclic) bond motifs is 1. The van der Waals surface area contributed by atoms with Gasteiger partial charge < -0.3 is 5.32 Å². The van der Waals surface area contributed by atoms with Crippen LogP contribution in [0.15, 0.2) is 50.8 Å². The molecule has 0 saturated heterocycles. The lowest BCUT2D eigenvalue weighted by Crippen LogP contribution is -2.24. The number of rotatable bonds is 6. The number of amides is 1. The van der Waals surface area contributed by atoms with E-state index in [0.717, 1.165) is 16.5 Å². The Kier molecular flexibility index (Phi) is 6.80. The van der Waals surface area contributed by atoms with Crippen LogP contribution >= 0.6 is 39.3 Å². The molecule has 0 fully saturated rings. The molecule has 2 aromatic carbocycles. The summed E-state index contributed by atoms with van der Waals surface area (Å²) in [6, 6.07) is 10.8. The van der Waals surface area contributed by atoms with Crippen molar-refractivity contribution in [2.24, 2.45) is 0 Å². The average Bonchev–Trinajstić information content (AvgIpc) is 2.67. The van der Waals surface area contributed by atoms with Crippen molar-refractivity contribution in [3.63, 3.8) is 0 Å². The van der Waals surface area contributed by atoms with E-state index >= 15 is 0 Å². The van der Waals surface area contributed by atoms with Crippen molar-refractivity contribution in [2.45, 2.75) is 32.0 Å². The van der Waals surface area contributed by atoms with Crippen molar-refractivity contribution in [3.05, 3.63) is 61.8 Å². The molecule has 0 aliphatic rings. The molecule has 0 radical (unpaired) electrons. The fourth-order valence-corrected chi connectivity index (χ4v) is 4.12. The molecule has 0 atom stereocenters. The average molecular weight is 481 g/mol. The summed E-state index contributed by atoms with van der Waals surface area (Å²) in [4.78, 5) is 29.9. The first-order chi connectivity index (χ1) is 13.4. The van der Waals surface area contributed by atoms with Gasteiger partial charge in [-0.1, -0.05) is 52.3 Å². The van der Waals surface area contributed by atoms with E-state index in [9.17, 15) is 9.59 Å². The van der Waals surface area contributed by atoms with E-state index < -0.39 is 0 Å². The molecule has 0 spiro atoms. The Labute approximate surface area is 180 Å². The minimum atomic E-state index is -0.177. The number of thioether (sulfide) groups is 1. The van der Waals surface area contributed by atoms with E-state index in [0.29, 0.717) is 33.3 Å². The molecule has 1 heterocycles. The highest BCUT2D eigenvalue weighted by atomic mass is 79.9. The molecule has 0 aliphatic carbocycles. The zero-order valence-corrected chi connectivity index (χ0v) is 18.6. The normalized spacial score (nSPS) is 11.0. The Bertz CT molecular complexity index is 1100. The SMILES string of the molecule is CCCn1c(SCC(=O)Nc2cccc(Cl)c2C)nc2ccc(Br)cc2c1=O. The lowest BCUT2D eigenvalue weighted by molar-refractivity contribution is -0.113. The van der Waals surface area contributed by atoms with Gasteiger partial charge in [-0.3, -0.25) is 14.2 Å². The number of nitrogens with one attached hydrogen (secondary N) is 1. The van der Waals surface area contributed by atoms with Crippen molar-refractivity contribution in [1.82, 2.24) is 9.55 Å². The summed E-state index contributed by atoms with van der Waals surface area (Å²) in [6.45, 7) is 4.40. The van der Waals surface area contributed by atoms with Crippen molar-refractivity contribution < 1.29 is 4.79 Å². The van der Waals surface area contributed by atoms with Gasteiger partial charge >= 0.3 is 0 Å². The first-order valence-electron chi connectivity index (χ1n) is 8.78. The number of hydrogen-bond acceptors (Lipinski definition) is 4. The van der Waals surface area contributed by atoms with Gasteiger partial charge in [-0.15, -0.1) is 0 Å². The van der Waals surface area contributed by atoms with Gasteiger partial charge in [0.1, 0.15) is 0 Å². The maximum absolute atomic E-state index is 12.9. The van der Waals surface area contributed by atoms with E-state index in [1.165, 1.54) is 11.8 Å². The van der Waals surface area contributed by atoms with Crippen molar-refractivity contribution in [1.29, 1.82) is 0 Å². The Morgan fingerprint density at radius 2 is 2.11 bits per heavy atom. The molecule has 1 N–H and O–H groups in total. The Hall–Kier alpha value is -1.83. The third-order valence-electron chi connectivity index (χ3n) is 4.20. The van der Waals surface area contributed by atoms with Crippen LogP contribution in [0.25, 0.3) is 10.9 Å².